The van der Waals surface area contributed by atoms with Crippen LogP contribution in [-0.2, 0) is 11.3 Å². The maximum Gasteiger partial charge on any atom is 0.107 e. The van der Waals surface area contributed by atoms with Crippen LogP contribution in [0, 0.1) is 6.92 Å². The van der Waals surface area contributed by atoms with Gasteiger partial charge in [-0.05, 0) is 6.92 Å². The van der Waals surface area contributed by atoms with E-state index < -0.39 is 0 Å². The van der Waals surface area contributed by atoms with E-state index in [1.807, 2.05) is 6.92 Å². The van der Waals surface area contributed by atoms with Crippen LogP contribution in [0.5, 0.6) is 0 Å². The number of aromatic nitrogens is 1. The first-order valence-corrected chi connectivity index (χ1v) is 5.43. The Morgan fingerprint density at radius 3 is 2.92 bits per heavy atom. The smallest absolute Gasteiger partial charge is 0.107 e. The molecule has 1 aliphatic rings. The van der Waals surface area contributed by atoms with Gasteiger partial charge in [0.15, 0.2) is 0 Å². The van der Waals surface area contributed by atoms with E-state index in [4.69, 9.17) is 4.74 Å². The van der Waals surface area contributed by atoms with Gasteiger partial charge in [-0.3, -0.25) is 4.90 Å². The Hall–Kier alpha value is -0.450. The van der Waals surface area contributed by atoms with Crippen molar-refractivity contribution >= 4 is 11.3 Å². The lowest BCUT2D eigenvalue weighted by molar-refractivity contribution is 0.0341. The second-order valence-corrected chi connectivity index (χ2v) is 4.21. The Balaban J connectivity index is 1.89. The van der Waals surface area contributed by atoms with Gasteiger partial charge in [-0.15, -0.1) is 11.3 Å². The Labute approximate surface area is 82.3 Å². The average molecular weight is 198 g/mol. The number of morpholine rings is 1. The second-order valence-electron chi connectivity index (χ2n) is 3.27. The molecule has 0 amide bonds. The molecule has 0 aromatic carbocycles. The molecule has 4 heteroatoms. The fourth-order valence-corrected chi connectivity index (χ4v) is 2.24. The summed E-state index contributed by atoms with van der Waals surface area (Å²) >= 11 is 1.75. The predicted octanol–water partition coefficient (Wildman–Crippen LogP) is 1.28. The normalized spacial score (nSPS) is 19.2. The molecule has 3 nitrogen and oxygen atoms in total. The van der Waals surface area contributed by atoms with Crippen LogP contribution >= 0.6 is 11.3 Å². The van der Waals surface area contributed by atoms with Gasteiger partial charge in [0.25, 0.3) is 0 Å². The predicted molar refractivity (Wildman–Crippen MR) is 52.9 cm³/mol. The molecule has 72 valence electrons. The highest BCUT2D eigenvalue weighted by Gasteiger charge is 2.11. The summed E-state index contributed by atoms with van der Waals surface area (Å²) in [5, 5.41) is 3.33. The minimum Gasteiger partial charge on any atom is -0.379 e. The van der Waals surface area contributed by atoms with Crippen LogP contribution in [0.15, 0.2) is 5.38 Å². The lowest BCUT2D eigenvalue weighted by Crippen LogP contribution is -2.35. The molecule has 0 N–H and O–H groups in total. The number of aryl methyl sites for hydroxylation is 1. The zero-order valence-electron chi connectivity index (χ0n) is 7.82. The molecule has 0 unspecified atom stereocenters. The molecule has 1 fully saturated rings. The molecule has 0 atom stereocenters. The second kappa shape index (κ2) is 4.17. The van der Waals surface area contributed by atoms with Crippen molar-refractivity contribution in [2.24, 2.45) is 0 Å². The van der Waals surface area contributed by atoms with E-state index in [1.165, 1.54) is 5.01 Å². The monoisotopic (exact) mass is 198 g/mol. The minimum atomic E-state index is 0.865. The first-order valence-electron chi connectivity index (χ1n) is 4.56. The number of nitrogens with zero attached hydrogens (tertiary/aromatic N) is 2. The van der Waals surface area contributed by atoms with Gasteiger partial charge in [0.05, 0.1) is 19.8 Å². The van der Waals surface area contributed by atoms with Gasteiger partial charge in [0.1, 0.15) is 5.01 Å². The summed E-state index contributed by atoms with van der Waals surface area (Å²) in [6.45, 7) is 6.84. The number of hydrogen-bond acceptors (Lipinski definition) is 4. The van der Waals surface area contributed by atoms with Crippen LogP contribution in [-0.4, -0.2) is 36.2 Å². The van der Waals surface area contributed by atoms with Crippen LogP contribution in [0.4, 0.5) is 0 Å². The van der Waals surface area contributed by atoms with Crippen LogP contribution in [0.3, 0.4) is 0 Å². The van der Waals surface area contributed by atoms with Crippen LogP contribution in [0.2, 0.25) is 0 Å². The van der Waals surface area contributed by atoms with E-state index in [2.05, 4.69) is 15.3 Å². The zero-order valence-corrected chi connectivity index (χ0v) is 8.64. The molecule has 0 aliphatic carbocycles. The Morgan fingerprint density at radius 1 is 1.54 bits per heavy atom. The SMILES string of the molecule is Cc1csc(CN2CCOCC2)n1. The summed E-state index contributed by atoms with van der Waals surface area (Å²) in [4.78, 5) is 6.83. The third-order valence-electron chi connectivity index (χ3n) is 2.13. The molecule has 2 heterocycles. The zero-order chi connectivity index (χ0) is 9.10. The van der Waals surface area contributed by atoms with Gasteiger partial charge in [-0.1, -0.05) is 0 Å². The molecule has 1 aliphatic heterocycles. The maximum atomic E-state index is 5.28. The van der Waals surface area contributed by atoms with E-state index in [9.17, 15) is 0 Å². The molecule has 0 radical (unpaired) electrons. The summed E-state index contributed by atoms with van der Waals surface area (Å²) in [5.41, 5.74) is 1.13. The fourth-order valence-electron chi connectivity index (χ4n) is 1.43. The Morgan fingerprint density at radius 2 is 2.31 bits per heavy atom. The maximum absolute atomic E-state index is 5.28. The third kappa shape index (κ3) is 2.49. The number of hydrogen-bond donors (Lipinski definition) is 0. The van der Waals surface area contributed by atoms with Crippen molar-refractivity contribution in [2.45, 2.75) is 13.5 Å². The van der Waals surface area contributed by atoms with E-state index >= 15 is 0 Å². The van der Waals surface area contributed by atoms with Crippen LogP contribution in [0.25, 0.3) is 0 Å². The van der Waals surface area contributed by atoms with Gasteiger partial charge >= 0.3 is 0 Å². The molecule has 0 spiro atoms. The van der Waals surface area contributed by atoms with Crippen molar-refractivity contribution in [1.29, 1.82) is 0 Å². The van der Waals surface area contributed by atoms with Gasteiger partial charge in [0.2, 0.25) is 0 Å². The lowest BCUT2D eigenvalue weighted by Gasteiger charge is -2.25. The molecule has 1 saturated heterocycles. The summed E-state index contributed by atoms with van der Waals surface area (Å²) in [6, 6.07) is 0. The van der Waals surface area contributed by atoms with Gasteiger partial charge in [0, 0.05) is 24.2 Å². The fraction of sp³-hybridized carbons (Fsp3) is 0.667. The lowest BCUT2D eigenvalue weighted by atomic mass is 10.4. The van der Waals surface area contributed by atoms with Crippen LogP contribution < -0.4 is 0 Å². The molecule has 1 aromatic rings. The van der Waals surface area contributed by atoms with Crippen molar-refractivity contribution in [3.63, 3.8) is 0 Å². The van der Waals surface area contributed by atoms with Gasteiger partial charge in [-0.25, -0.2) is 4.98 Å². The summed E-state index contributed by atoms with van der Waals surface area (Å²) in [6.07, 6.45) is 0. The molecule has 0 bridgehead atoms. The number of rotatable bonds is 2. The van der Waals surface area contributed by atoms with E-state index in [0.717, 1.165) is 38.5 Å². The quantitative estimate of drug-likeness (QED) is 0.716. The van der Waals surface area contributed by atoms with Crippen molar-refractivity contribution in [2.75, 3.05) is 26.3 Å². The molecule has 0 saturated carbocycles. The summed E-state index contributed by atoms with van der Waals surface area (Å²) in [7, 11) is 0. The van der Waals surface area contributed by atoms with Crippen molar-refractivity contribution in [1.82, 2.24) is 9.88 Å². The Kier molecular flexibility index (Phi) is 2.93. The van der Waals surface area contributed by atoms with Crippen LogP contribution in [0.1, 0.15) is 10.7 Å². The van der Waals surface area contributed by atoms with Crippen molar-refractivity contribution < 1.29 is 4.74 Å². The molecular formula is C9H14N2OS. The first kappa shape index (κ1) is 9.12. The standard InChI is InChI=1S/C9H14N2OS/c1-8-7-13-9(10-8)6-11-2-4-12-5-3-11/h7H,2-6H2,1H3. The van der Waals surface area contributed by atoms with Gasteiger partial charge < -0.3 is 4.74 Å². The van der Waals surface area contributed by atoms with Crippen molar-refractivity contribution in [3.8, 4) is 0 Å². The highest BCUT2D eigenvalue weighted by atomic mass is 32.1. The van der Waals surface area contributed by atoms with E-state index in [1.54, 1.807) is 11.3 Å². The largest absolute Gasteiger partial charge is 0.379 e. The highest BCUT2D eigenvalue weighted by Crippen LogP contribution is 2.12. The topological polar surface area (TPSA) is 25.4 Å². The molecule has 13 heavy (non-hydrogen) atoms. The third-order valence-corrected chi connectivity index (χ3v) is 3.08. The average Bonchev–Trinajstić information content (AvgIpc) is 2.53. The first-order chi connectivity index (χ1) is 6.34. The minimum absolute atomic E-state index is 0.865. The van der Waals surface area contributed by atoms with Gasteiger partial charge in [-0.2, -0.15) is 0 Å². The summed E-state index contributed by atoms with van der Waals surface area (Å²) < 4.78 is 5.28. The number of thiazole rings is 1. The highest BCUT2D eigenvalue weighted by molar-refractivity contribution is 7.09. The number of ether oxygens (including phenoxy) is 1. The molecule has 1 aromatic heterocycles. The molecular weight excluding hydrogens is 184 g/mol. The molecule has 2 rings (SSSR count). The van der Waals surface area contributed by atoms with E-state index in [-0.39, 0.29) is 0 Å². The summed E-state index contributed by atoms with van der Waals surface area (Å²) in [5.74, 6) is 0. The van der Waals surface area contributed by atoms with E-state index in [0.29, 0.717) is 0 Å². The van der Waals surface area contributed by atoms with Crippen molar-refractivity contribution in [3.05, 3.63) is 16.1 Å². The Bertz CT molecular complexity index is 268.